The van der Waals surface area contributed by atoms with E-state index in [1.54, 1.807) is 6.20 Å². The third kappa shape index (κ3) is 2.33. The molecule has 0 N–H and O–H groups in total. The number of fused-ring (bicyclic) bond motifs is 1. The lowest BCUT2D eigenvalue weighted by molar-refractivity contribution is 0.351. The van der Waals surface area contributed by atoms with Crippen molar-refractivity contribution in [3.8, 4) is 5.75 Å². The second-order valence-electron chi connectivity index (χ2n) is 4.13. The molecule has 0 saturated heterocycles. The third-order valence-corrected chi connectivity index (χ3v) is 2.81. The highest BCUT2D eigenvalue weighted by Crippen LogP contribution is 2.26. The first kappa shape index (κ1) is 10.8. The van der Waals surface area contributed by atoms with Gasteiger partial charge in [-0.2, -0.15) is 0 Å². The number of ether oxygens (including phenoxy) is 1. The molecular formula is C16H13NO. The summed E-state index contributed by atoms with van der Waals surface area (Å²) in [5, 5.41) is 0. The Kier molecular flexibility index (Phi) is 2.92. The van der Waals surface area contributed by atoms with Crippen molar-refractivity contribution in [1.29, 1.82) is 0 Å². The van der Waals surface area contributed by atoms with Crippen molar-refractivity contribution in [3.63, 3.8) is 0 Å². The average Bonchev–Trinajstić information content (AvgIpc) is 2.46. The van der Waals surface area contributed by atoms with Crippen molar-refractivity contribution < 1.29 is 4.74 Å². The summed E-state index contributed by atoms with van der Waals surface area (Å²) in [6.07, 6.45) is 8.00. The fourth-order valence-electron chi connectivity index (χ4n) is 1.90. The highest BCUT2D eigenvalue weighted by atomic mass is 16.5. The van der Waals surface area contributed by atoms with Crippen molar-refractivity contribution in [2.75, 3.05) is 6.61 Å². The molecule has 1 aromatic carbocycles. The van der Waals surface area contributed by atoms with Gasteiger partial charge in [-0.05, 0) is 35.9 Å². The Bertz CT molecular complexity index is 600. The van der Waals surface area contributed by atoms with Gasteiger partial charge in [-0.15, -0.1) is 0 Å². The Balaban J connectivity index is 1.83. The van der Waals surface area contributed by atoms with Crippen LogP contribution in [-0.2, 0) is 0 Å². The van der Waals surface area contributed by atoms with E-state index in [0.29, 0.717) is 6.61 Å². The Hall–Kier alpha value is -2.35. The normalized spacial score (nSPS) is 13.9. The molecule has 0 saturated carbocycles. The number of pyridine rings is 1. The van der Waals surface area contributed by atoms with Gasteiger partial charge in [0, 0.05) is 11.8 Å². The second-order valence-corrected chi connectivity index (χ2v) is 4.13. The minimum atomic E-state index is 0.611. The van der Waals surface area contributed by atoms with Crippen LogP contribution in [0.3, 0.4) is 0 Å². The van der Waals surface area contributed by atoms with Crippen molar-refractivity contribution in [3.05, 3.63) is 71.6 Å². The van der Waals surface area contributed by atoms with Crippen LogP contribution >= 0.6 is 0 Å². The minimum absolute atomic E-state index is 0.611. The number of aromatic nitrogens is 1. The van der Waals surface area contributed by atoms with Crippen LogP contribution in [0, 0.1) is 0 Å². The van der Waals surface area contributed by atoms with Gasteiger partial charge in [0.1, 0.15) is 12.4 Å². The van der Waals surface area contributed by atoms with Crippen molar-refractivity contribution in [2.24, 2.45) is 0 Å². The van der Waals surface area contributed by atoms with Crippen LogP contribution < -0.4 is 4.74 Å². The molecule has 2 heteroatoms. The zero-order valence-electron chi connectivity index (χ0n) is 9.91. The Morgan fingerprint density at radius 2 is 1.89 bits per heavy atom. The molecular weight excluding hydrogens is 222 g/mol. The predicted molar refractivity (Wildman–Crippen MR) is 73.2 cm³/mol. The number of nitrogens with zero attached hydrogens (tertiary/aromatic N) is 1. The van der Waals surface area contributed by atoms with Crippen LogP contribution in [0.1, 0.15) is 11.3 Å². The lowest BCUT2D eigenvalue weighted by atomic mass is 10.1. The van der Waals surface area contributed by atoms with Gasteiger partial charge in [0.2, 0.25) is 0 Å². The maximum atomic E-state index is 5.68. The first-order valence-electron chi connectivity index (χ1n) is 5.93. The summed E-state index contributed by atoms with van der Waals surface area (Å²) in [5.41, 5.74) is 3.24. The molecule has 0 aliphatic carbocycles. The molecule has 2 nitrogen and oxygen atoms in total. The molecule has 0 unspecified atom stereocenters. The van der Waals surface area contributed by atoms with Crippen LogP contribution in [0.5, 0.6) is 5.75 Å². The van der Waals surface area contributed by atoms with Crippen LogP contribution in [-0.4, -0.2) is 11.6 Å². The molecule has 0 spiro atoms. The van der Waals surface area contributed by atoms with Crippen molar-refractivity contribution in [1.82, 2.24) is 4.98 Å². The molecule has 0 atom stereocenters. The maximum absolute atomic E-state index is 5.68. The van der Waals surface area contributed by atoms with Crippen molar-refractivity contribution >= 4 is 12.2 Å². The minimum Gasteiger partial charge on any atom is -0.488 e. The zero-order valence-corrected chi connectivity index (χ0v) is 9.91. The summed E-state index contributed by atoms with van der Waals surface area (Å²) >= 11 is 0. The van der Waals surface area contributed by atoms with Crippen LogP contribution in [0.15, 0.2) is 60.3 Å². The lowest BCUT2D eigenvalue weighted by Crippen LogP contribution is -2.05. The second kappa shape index (κ2) is 4.88. The van der Waals surface area contributed by atoms with E-state index in [0.717, 1.165) is 22.6 Å². The molecule has 1 aromatic heterocycles. The SMILES string of the molecule is C1=C(/C=C/c2ccccn2)COc2ccccc21. The topological polar surface area (TPSA) is 22.1 Å². The van der Waals surface area contributed by atoms with Crippen LogP contribution in [0.25, 0.3) is 12.2 Å². The molecule has 18 heavy (non-hydrogen) atoms. The number of hydrogen-bond acceptors (Lipinski definition) is 2. The highest BCUT2D eigenvalue weighted by Gasteiger charge is 2.07. The Morgan fingerprint density at radius 1 is 1.00 bits per heavy atom. The smallest absolute Gasteiger partial charge is 0.127 e. The molecule has 88 valence electrons. The largest absolute Gasteiger partial charge is 0.488 e. The Labute approximate surface area is 106 Å². The van der Waals surface area contributed by atoms with Gasteiger partial charge in [0.05, 0.1) is 5.69 Å². The summed E-state index contributed by atoms with van der Waals surface area (Å²) in [6, 6.07) is 13.9. The van der Waals surface area contributed by atoms with E-state index >= 15 is 0 Å². The van der Waals surface area contributed by atoms with Gasteiger partial charge in [-0.3, -0.25) is 4.98 Å². The summed E-state index contributed by atoms with van der Waals surface area (Å²) < 4.78 is 5.68. The predicted octanol–water partition coefficient (Wildman–Crippen LogP) is 3.57. The molecule has 1 aliphatic rings. The molecule has 2 aromatic rings. The van der Waals surface area contributed by atoms with Gasteiger partial charge in [-0.1, -0.05) is 30.3 Å². The molecule has 0 radical (unpaired) electrons. The summed E-state index contributed by atoms with van der Waals surface area (Å²) in [4.78, 5) is 4.25. The van der Waals surface area contributed by atoms with Crippen LogP contribution in [0.4, 0.5) is 0 Å². The number of benzene rings is 1. The van der Waals surface area contributed by atoms with E-state index in [2.05, 4.69) is 23.2 Å². The van der Waals surface area contributed by atoms with E-state index in [1.807, 2.05) is 42.5 Å². The third-order valence-electron chi connectivity index (χ3n) is 2.81. The first-order chi connectivity index (χ1) is 8.92. The van der Waals surface area contributed by atoms with Gasteiger partial charge in [-0.25, -0.2) is 0 Å². The standard InChI is InChI=1S/C16H13NO/c1-2-7-16-14(5-1)11-13(12-18-16)8-9-15-6-3-4-10-17-15/h1-11H,12H2/b9-8+. The van der Waals surface area contributed by atoms with Gasteiger partial charge in [0.25, 0.3) is 0 Å². The average molecular weight is 235 g/mol. The monoisotopic (exact) mass is 235 g/mol. The fourth-order valence-corrected chi connectivity index (χ4v) is 1.90. The first-order valence-corrected chi connectivity index (χ1v) is 5.93. The lowest BCUT2D eigenvalue weighted by Gasteiger charge is -2.15. The van der Waals surface area contributed by atoms with E-state index < -0.39 is 0 Å². The molecule has 0 fully saturated rings. The number of rotatable bonds is 2. The van der Waals surface area contributed by atoms with E-state index in [4.69, 9.17) is 4.74 Å². The molecule has 2 heterocycles. The van der Waals surface area contributed by atoms with E-state index in [9.17, 15) is 0 Å². The maximum Gasteiger partial charge on any atom is 0.127 e. The Morgan fingerprint density at radius 3 is 2.78 bits per heavy atom. The van der Waals surface area contributed by atoms with Gasteiger partial charge in [0.15, 0.2) is 0 Å². The highest BCUT2D eigenvalue weighted by molar-refractivity contribution is 5.66. The van der Waals surface area contributed by atoms with Crippen LogP contribution in [0.2, 0.25) is 0 Å². The van der Waals surface area contributed by atoms with E-state index in [1.165, 1.54) is 0 Å². The number of para-hydroxylation sites is 1. The molecule has 3 rings (SSSR count). The van der Waals surface area contributed by atoms with Gasteiger partial charge >= 0.3 is 0 Å². The molecule has 0 bridgehead atoms. The van der Waals surface area contributed by atoms with E-state index in [-0.39, 0.29) is 0 Å². The fraction of sp³-hybridized carbons (Fsp3) is 0.0625. The molecule has 1 aliphatic heterocycles. The van der Waals surface area contributed by atoms with Gasteiger partial charge < -0.3 is 4.74 Å². The quantitative estimate of drug-likeness (QED) is 0.793. The number of hydrogen-bond donors (Lipinski definition) is 0. The molecule has 0 amide bonds. The summed E-state index contributed by atoms with van der Waals surface area (Å²) in [7, 11) is 0. The summed E-state index contributed by atoms with van der Waals surface area (Å²) in [6.45, 7) is 0.611. The zero-order chi connectivity index (χ0) is 12.2. The summed E-state index contributed by atoms with van der Waals surface area (Å²) in [5.74, 6) is 0.951. The van der Waals surface area contributed by atoms with Crippen molar-refractivity contribution in [2.45, 2.75) is 0 Å².